The van der Waals surface area contributed by atoms with Gasteiger partial charge in [-0.1, -0.05) is 23.7 Å². The molecule has 2 unspecified atom stereocenters. The minimum Gasteiger partial charge on any atom is -0.353 e. The zero-order valence-electron chi connectivity index (χ0n) is 16.0. The van der Waals surface area contributed by atoms with Gasteiger partial charge < -0.3 is 15.1 Å². The monoisotopic (exact) mass is 492 g/mol. The van der Waals surface area contributed by atoms with Crippen LogP contribution in [0.4, 0.5) is 0 Å². The third-order valence-corrected chi connectivity index (χ3v) is 4.77. The molecule has 1 aliphatic carbocycles. The molecule has 1 aromatic carbocycles. The quantitative estimate of drug-likeness (QED) is 0.360. The zero-order valence-corrected chi connectivity index (χ0v) is 19.1. The van der Waals surface area contributed by atoms with E-state index in [2.05, 4.69) is 16.4 Å². The van der Waals surface area contributed by atoms with Crippen molar-refractivity contribution in [2.24, 2.45) is 4.99 Å². The second-order valence-corrected chi connectivity index (χ2v) is 6.80. The maximum Gasteiger partial charge on any atom is 0.242 e. The van der Waals surface area contributed by atoms with E-state index in [0.29, 0.717) is 25.0 Å². The SMILES string of the molecule is CCN=C(NC1CC1c1cccc(Cl)c1)N(C)CC(=O)N(CC)CC.I. The lowest BCUT2D eigenvalue weighted by Gasteiger charge is -2.26. The topological polar surface area (TPSA) is 47.9 Å². The molecule has 1 aliphatic rings. The lowest BCUT2D eigenvalue weighted by molar-refractivity contribution is -0.131. The highest BCUT2D eigenvalue weighted by Crippen LogP contribution is 2.41. The van der Waals surface area contributed by atoms with Crippen molar-refractivity contribution in [1.29, 1.82) is 0 Å². The van der Waals surface area contributed by atoms with E-state index in [0.717, 1.165) is 30.5 Å². The van der Waals surface area contributed by atoms with Gasteiger partial charge in [0.05, 0.1) is 6.54 Å². The van der Waals surface area contributed by atoms with Crippen LogP contribution in [0.25, 0.3) is 0 Å². The molecule has 5 nitrogen and oxygen atoms in total. The summed E-state index contributed by atoms with van der Waals surface area (Å²) in [6, 6.07) is 8.37. The van der Waals surface area contributed by atoms with Crippen molar-refractivity contribution in [2.75, 3.05) is 33.2 Å². The highest BCUT2D eigenvalue weighted by molar-refractivity contribution is 14.0. The summed E-state index contributed by atoms with van der Waals surface area (Å²) in [6.07, 6.45) is 1.06. The van der Waals surface area contributed by atoms with E-state index in [1.807, 2.05) is 55.8 Å². The van der Waals surface area contributed by atoms with Crippen LogP contribution in [0.2, 0.25) is 5.02 Å². The molecule has 1 fully saturated rings. The lowest BCUT2D eigenvalue weighted by atomic mass is 10.1. The number of carbonyl (C=O) groups excluding carboxylic acids is 1. The molecule has 26 heavy (non-hydrogen) atoms. The van der Waals surface area contributed by atoms with Gasteiger partial charge in [-0.2, -0.15) is 0 Å². The molecule has 0 aliphatic heterocycles. The van der Waals surface area contributed by atoms with Crippen LogP contribution in [-0.4, -0.2) is 60.9 Å². The Hall–Kier alpha value is -1.02. The summed E-state index contributed by atoms with van der Waals surface area (Å²) in [5, 5.41) is 4.27. The molecule has 2 rings (SSSR count). The Morgan fingerprint density at radius 3 is 2.58 bits per heavy atom. The highest BCUT2D eigenvalue weighted by atomic mass is 127. The molecule has 0 heterocycles. The summed E-state index contributed by atoms with van der Waals surface area (Å²) in [6.45, 7) is 8.49. The Morgan fingerprint density at radius 2 is 2.00 bits per heavy atom. The number of carbonyl (C=O) groups is 1. The molecule has 0 aromatic heterocycles. The lowest BCUT2D eigenvalue weighted by Crippen LogP contribution is -2.46. The average molecular weight is 493 g/mol. The fraction of sp³-hybridized carbons (Fsp3) is 0.579. The molecular formula is C19H30ClIN4O. The molecule has 0 bridgehead atoms. The van der Waals surface area contributed by atoms with E-state index < -0.39 is 0 Å². The van der Waals surface area contributed by atoms with Crippen LogP contribution in [-0.2, 0) is 4.79 Å². The predicted molar refractivity (Wildman–Crippen MR) is 120 cm³/mol. The van der Waals surface area contributed by atoms with Gasteiger partial charge in [-0.15, -0.1) is 24.0 Å². The molecule has 2 atom stereocenters. The number of amides is 1. The van der Waals surface area contributed by atoms with E-state index in [1.54, 1.807) is 0 Å². The van der Waals surface area contributed by atoms with Gasteiger partial charge in [0, 0.05) is 43.7 Å². The molecule has 7 heteroatoms. The van der Waals surface area contributed by atoms with Gasteiger partial charge in [0.25, 0.3) is 0 Å². The summed E-state index contributed by atoms with van der Waals surface area (Å²) in [5.41, 5.74) is 1.25. The van der Waals surface area contributed by atoms with Crippen LogP contribution in [0.5, 0.6) is 0 Å². The largest absolute Gasteiger partial charge is 0.353 e. The van der Waals surface area contributed by atoms with Gasteiger partial charge in [0.15, 0.2) is 5.96 Å². The van der Waals surface area contributed by atoms with E-state index >= 15 is 0 Å². The molecule has 1 saturated carbocycles. The third kappa shape index (κ3) is 6.30. The standard InChI is InChI=1S/C19H29ClN4O.HI/c1-5-21-19(23(4)13-18(25)24(6-2)7-3)22-17-12-16(17)14-9-8-10-15(20)11-14;/h8-11,16-17H,5-7,12-13H2,1-4H3,(H,21,22);1H. The second kappa shape index (κ2) is 11.0. The van der Waals surface area contributed by atoms with Gasteiger partial charge in [0.1, 0.15) is 0 Å². The number of halogens is 2. The van der Waals surface area contributed by atoms with Crippen molar-refractivity contribution in [1.82, 2.24) is 15.1 Å². The molecular weight excluding hydrogens is 463 g/mol. The number of aliphatic imine (C=N–C) groups is 1. The first-order valence-electron chi connectivity index (χ1n) is 9.05. The van der Waals surface area contributed by atoms with Crippen molar-refractivity contribution in [2.45, 2.75) is 39.2 Å². The van der Waals surface area contributed by atoms with Crippen LogP contribution in [0.15, 0.2) is 29.3 Å². The first-order valence-corrected chi connectivity index (χ1v) is 9.43. The Morgan fingerprint density at radius 1 is 1.31 bits per heavy atom. The number of hydrogen-bond acceptors (Lipinski definition) is 2. The molecule has 1 amide bonds. The van der Waals surface area contributed by atoms with Crippen LogP contribution in [0, 0.1) is 0 Å². The molecule has 0 spiro atoms. The van der Waals surface area contributed by atoms with Crippen molar-refractivity contribution < 1.29 is 4.79 Å². The van der Waals surface area contributed by atoms with Crippen LogP contribution >= 0.6 is 35.6 Å². The van der Waals surface area contributed by atoms with E-state index in [1.165, 1.54) is 5.56 Å². The predicted octanol–water partition coefficient (Wildman–Crippen LogP) is 3.58. The van der Waals surface area contributed by atoms with Gasteiger partial charge in [0.2, 0.25) is 5.91 Å². The number of benzene rings is 1. The van der Waals surface area contributed by atoms with Gasteiger partial charge in [-0.25, -0.2) is 0 Å². The minimum atomic E-state index is 0. The minimum absolute atomic E-state index is 0. The first kappa shape index (κ1) is 23.0. The van der Waals surface area contributed by atoms with E-state index in [-0.39, 0.29) is 29.9 Å². The normalized spacial score (nSPS) is 18.7. The molecule has 146 valence electrons. The third-order valence-electron chi connectivity index (χ3n) is 4.54. The van der Waals surface area contributed by atoms with Crippen LogP contribution in [0.1, 0.15) is 38.7 Å². The second-order valence-electron chi connectivity index (χ2n) is 6.37. The summed E-state index contributed by atoms with van der Waals surface area (Å²) < 4.78 is 0. The number of nitrogens with zero attached hydrogens (tertiary/aromatic N) is 3. The van der Waals surface area contributed by atoms with Crippen molar-refractivity contribution in [3.8, 4) is 0 Å². The van der Waals surface area contributed by atoms with E-state index in [4.69, 9.17) is 11.6 Å². The van der Waals surface area contributed by atoms with Gasteiger partial charge in [-0.05, 0) is 44.9 Å². The average Bonchev–Trinajstić information content (AvgIpc) is 3.35. The summed E-state index contributed by atoms with van der Waals surface area (Å²) >= 11 is 6.09. The van der Waals surface area contributed by atoms with Crippen LogP contribution in [0.3, 0.4) is 0 Å². The summed E-state index contributed by atoms with van der Waals surface area (Å²) in [7, 11) is 1.92. The Balaban J connectivity index is 0.00000338. The van der Waals surface area contributed by atoms with Crippen molar-refractivity contribution in [3.05, 3.63) is 34.9 Å². The number of likely N-dealkylation sites (N-methyl/N-ethyl adjacent to an activating group) is 2. The Kier molecular flexibility index (Phi) is 9.71. The highest BCUT2D eigenvalue weighted by Gasteiger charge is 2.39. The smallest absolute Gasteiger partial charge is 0.242 e. The number of hydrogen-bond donors (Lipinski definition) is 1. The van der Waals surface area contributed by atoms with Crippen LogP contribution < -0.4 is 5.32 Å². The van der Waals surface area contributed by atoms with Gasteiger partial charge >= 0.3 is 0 Å². The summed E-state index contributed by atoms with van der Waals surface area (Å²) in [4.78, 5) is 20.6. The number of guanidine groups is 1. The number of rotatable bonds is 7. The fourth-order valence-corrected chi connectivity index (χ4v) is 3.21. The first-order chi connectivity index (χ1) is 12.0. The summed E-state index contributed by atoms with van der Waals surface area (Å²) in [5.74, 6) is 1.37. The maximum atomic E-state index is 12.3. The number of nitrogens with one attached hydrogen (secondary N) is 1. The Bertz CT molecular complexity index is 621. The van der Waals surface area contributed by atoms with Crippen molar-refractivity contribution in [3.63, 3.8) is 0 Å². The maximum absolute atomic E-state index is 12.3. The van der Waals surface area contributed by atoms with E-state index in [9.17, 15) is 4.79 Å². The van der Waals surface area contributed by atoms with Gasteiger partial charge in [-0.3, -0.25) is 9.79 Å². The molecule has 1 N–H and O–H groups in total. The Labute approximate surface area is 179 Å². The molecule has 0 radical (unpaired) electrons. The zero-order chi connectivity index (χ0) is 18.4. The fourth-order valence-electron chi connectivity index (χ4n) is 3.01. The molecule has 0 saturated heterocycles. The van der Waals surface area contributed by atoms with Crippen molar-refractivity contribution >= 4 is 47.4 Å². The molecule has 1 aromatic rings.